The van der Waals surface area contributed by atoms with Crippen molar-refractivity contribution in [1.29, 1.82) is 0 Å². The minimum absolute atomic E-state index is 0.0852. The van der Waals surface area contributed by atoms with Gasteiger partial charge in [-0.2, -0.15) is 0 Å². The molecule has 0 amide bonds. The van der Waals surface area contributed by atoms with Crippen LogP contribution in [0.2, 0.25) is 0 Å². The van der Waals surface area contributed by atoms with Gasteiger partial charge in [0.1, 0.15) is 5.75 Å². The molecule has 0 aliphatic carbocycles. The van der Waals surface area contributed by atoms with E-state index >= 15 is 0 Å². The van der Waals surface area contributed by atoms with Crippen LogP contribution in [0.5, 0.6) is 5.75 Å². The molecule has 0 spiro atoms. The minimum atomic E-state index is -1.01. The summed E-state index contributed by atoms with van der Waals surface area (Å²) in [6.07, 6.45) is 0.568. The van der Waals surface area contributed by atoms with Crippen LogP contribution in [-0.2, 0) is 10.8 Å². The molecule has 1 rings (SSSR count). The van der Waals surface area contributed by atoms with E-state index in [9.17, 15) is 4.21 Å². The molecular formula is C10H14O3S. The molecule has 1 aromatic rings. The highest BCUT2D eigenvalue weighted by Crippen LogP contribution is 2.14. The lowest BCUT2D eigenvalue weighted by molar-refractivity contribution is 0.296. The van der Waals surface area contributed by atoms with Crippen molar-refractivity contribution < 1.29 is 14.1 Å². The normalized spacial score (nSPS) is 12.4. The zero-order valence-electron chi connectivity index (χ0n) is 8.10. The number of ether oxygens (including phenoxy) is 1. The molecule has 0 aromatic heterocycles. The van der Waals surface area contributed by atoms with Crippen molar-refractivity contribution in [3.8, 4) is 5.75 Å². The Morgan fingerprint density at radius 1 is 1.36 bits per heavy atom. The summed E-state index contributed by atoms with van der Waals surface area (Å²) in [5, 5.41) is 8.59. The molecule has 0 radical (unpaired) electrons. The standard InChI is InChI=1S/C10H14O3S/c1-13-9-3-5-10(6-4-9)14(12)8-2-7-11/h3-6,11H,2,7-8H2,1H3. The van der Waals surface area contributed by atoms with Gasteiger partial charge in [0.2, 0.25) is 0 Å². The summed E-state index contributed by atoms with van der Waals surface area (Å²) < 4.78 is 16.6. The zero-order valence-corrected chi connectivity index (χ0v) is 8.92. The van der Waals surface area contributed by atoms with Gasteiger partial charge in [0.05, 0.1) is 17.9 Å². The number of hydrogen-bond acceptors (Lipinski definition) is 3. The fourth-order valence-electron chi connectivity index (χ4n) is 1.04. The Bertz CT molecular complexity index is 295. The van der Waals surface area contributed by atoms with Crippen molar-refractivity contribution in [2.75, 3.05) is 19.5 Å². The van der Waals surface area contributed by atoms with Gasteiger partial charge in [-0.15, -0.1) is 0 Å². The van der Waals surface area contributed by atoms with Gasteiger partial charge in [-0.3, -0.25) is 4.21 Å². The molecular weight excluding hydrogens is 200 g/mol. The topological polar surface area (TPSA) is 46.5 Å². The van der Waals surface area contributed by atoms with Crippen molar-refractivity contribution >= 4 is 10.8 Å². The molecule has 0 fully saturated rings. The summed E-state index contributed by atoms with van der Waals surface area (Å²) in [4.78, 5) is 0.777. The molecule has 1 unspecified atom stereocenters. The van der Waals surface area contributed by atoms with Gasteiger partial charge in [0.15, 0.2) is 0 Å². The smallest absolute Gasteiger partial charge is 0.118 e. The third-order valence-electron chi connectivity index (χ3n) is 1.81. The van der Waals surface area contributed by atoms with Crippen molar-refractivity contribution in [1.82, 2.24) is 0 Å². The summed E-state index contributed by atoms with van der Waals surface area (Å²) >= 11 is 0. The average molecular weight is 214 g/mol. The van der Waals surface area contributed by atoms with E-state index < -0.39 is 10.8 Å². The number of benzene rings is 1. The van der Waals surface area contributed by atoms with Gasteiger partial charge in [0, 0.05) is 17.3 Å². The van der Waals surface area contributed by atoms with Crippen LogP contribution in [0, 0.1) is 0 Å². The molecule has 0 heterocycles. The van der Waals surface area contributed by atoms with E-state index in [4.69, 9.17) is 9.84 Å². The van der Waals surface area contributed by atoms with Crippen molar-refractivity contribution in [3.63, 3.8) is 0 Å². The minimum Gasteiger partial charge on any atom is -0.497 e. The Labute approximate surface area is 86.2 Å². The Kier molecular flexibility index (Phi) is 4.62. The molecule has 14 heavy (non-hydrogen) atoms. The summed E-state index contributed by atoms with van der Waals surface area (Å²) in [7, 11) is 0.586. The van der Waals surface area contributed by atoms with Crippen LogP contribution in [0.4, 0.5) is 0 Å². The van der Waals surface area contributed by atoms with Crippen molar-refractivity contribution in [3.05, 3.63) is 24.3 Å². The maximum absolute atomic E-state index is 11.6. The number of hydrogen-bond donors (Lipinski definition) is 1. The quantitative estimate of drug-likeness (QED) is 0.800. The maximum Gasteiger partial charge on any atom is 0.118 e. The largest absolute Gasteiger partial charge is 0.497 e. The Hall–Kier alpha value is -0.870. The van der Waals surface area contributed by atoms with E-state index in [2.05, 4.69) is 0 Å². The second-order valence-corrected chi connectivity index (χ2v) is 4.37. The summed E-state index contributed by atoms with van der Waals surface area (Å²) in [6, 6.07) is 7.14. The molecule has 0 saturated carbocycles. The van der Waals surface area contributed by atoms with Crippen LogP contribution in [0.25, 0.3) is 0 Å². The van der Waals surface area contributed by atoms with Gasteiger partial charge in [-0.05, 0) is 30.7 Å². The van der Waals surface area contributed by atoms with Crippen LogP contribution >= 0.6 is 0 Å². The first-order valence-corrected chi connectivity index (χ1v) is 5.73. The number of methoxy groups -OCH3 is 1. The molecule has 1 N–H and O–H groups in total. The number of aliphatic hydroxyl groups is 1. The highest BCUT2D eigenvalue weighted by Gasteiger charge is 2.02. The summed E-state index contributed by atoms with van der Waals surface area (Å²) in [6.45, 7) is 0.0852. The molecule has 3 nitrogen and oxygen atoms in total. The Balaban J connectivity index is 2.62. The van der Waals surface area contributed by atoms with Crippen LogP contribution in [0.3, 0.4) is 0 Å². The predicted molar refractivity (Wildman–Crippen MR) is 56.0 cm³/mol. The van der Waals surface area contributed by atoms with Crippen molar-refractivity contribution in [2.24, 2.45) is 0 Å². The van der Waals surface area contributed by atoms with Gasteiger partial charge in [-0.1, -0.05) is 0 Å². The van der Waals surface area contributed by atoms with Gasteiger partial charge < -0.3 is 9.84 Å². The molecule has 4 heteroatoms. The molecule has 0 aliphatic heterocycles. The Morgan fingerprint density at radius 3 is 2.50 bits per heavy atom. The van der Waals surface area contributed by atoms with E-state index in [0.717, 1.165) is 10.6 Å². The molecule has 0 aliphatic rings. The molecule has 0 bridgehead atoms. The van der Waals surface area contributed by atoms with E-state index in [-0.39, 0.29) is 6.61 Å². The van der Waals surface area contributed by atoms with E-state index in [1.165, 1.54) is 0 Å². The predicted octanol–water partition coefficient (Wildman–Crippen LogP) is 1.19. The monoisotopic (exact) mass is 214 g/mol. The van der Waals surface area contributed by atoms with Crippen LogP contribution in [0.15, 0.2) is 29.2 Å². The summed E-state index contributed by atoms with van der Waals surface area (Å²) in [5.74, 6) is 1.26. The first-order chi connectivity index (χ1) is 6.77. The average Bonchev–Trinajstić information content (AvgIpc) is 2.26. The third-order valence-corrected chi connectivity index (χ3v) is 3.27. The van der Waals surface area contributed by atoms with Crippen molar-refractivity contribution in [2.45, 2.75) is 11.3 Å². The lowest BCUT2D eigenvalue weighted by Crippen LogP contribution is -2.00. The highest BCUT2D eigenvalue weighted by molar-refractivity contribution is 7.85. The molecule has 1 atom stereocenters. The molecule has 78 valence electrons. The fraction of sp³-hybridized carbons (Fsp3) is 0.400. The van der Waals surface area contributed by atoms with Crippen LogP contribution in [0.1, 0.15) is 6.42 Å². The van der Waals surface area contributed by atoms with Crippen LogP contribution < -0.4 is 4.74 Å². The third kappa shape index (κ3) is 3.12. The fourth-order valence-corrected chi connectivity index (χ4v) is 2.11. The zero-order chi connectivity index (χ0) is 10.4. The molecule has 1 aromatic carbocycles. The highest BCUT2D eigenvalue weighted by atomic mass is 32.2. The van der Waals surface area contributed by atoms with E-state index in [1.807, 2.05) is 0 Å². The SMILES string of the molecule is COc1ccc(S(=O)CCCO)cc1. The Morgan fingerprint density at radius 2 is 2.00 bits per heavy atom. The lowest BCUT2D eigenvalue weighted by Gasteiger charge is -2.02. The number of rotatable bonds is 5. The van der Waals surface area contributed by atoms with E-state index in [1.54, 1.807) is 31.4 Å². The first-order valence-electron chi connectivity index (χ1n) is 4.41. The van der Waals surface area contributed by atoms with Gasteiger partial charge in [-0.25, -0.2) is 0 Å². The first kappa shape index (κ1) is 11.2. The van der Waals surface area contributed by atoms with E-state index in [0.29, 0.717) is 12.2 Å². The lowest BCUT2D eigenvalue weighted by atomic mass is 10.3. The number of aliphatic hydroxyl groups excluding tert-OH is 1. The second kappa shape index (κ2) is 5.78. The second-order valence-electron chi connectivity index (χ2n) is 2.80. The summed E-state index contributed by atoms with van der Waals surface area (Å²) in [5.41, 5.74) is 0. The van der Waals surface area contributed by atoms with Gasteiger partial charge in [0.25, 0.3) is 0 Å². The maximum atomic E-state index is 11.6. The molecule has 0 saturated heterocycles. The van der Waals surface area contributed by atoms with Gasteiger partial charge >= 0.3 is 0 Å². The van der Waals surface area contributed by atoms with Crippen LogP contribution in [-0.4, -0.2) is 28.8 Å².